The van der Waals surface area contributed by atoms with Crippen molar-refractivity contribution in [1.29, 1.82) is 0 Å². The Morgan fingerprint density at radius 2 is 1.89 bits per heavy atom. The Morgan fingerprint density at radius 1 is 1.21 bits per heavy atom. The number of carbonyl (C=O) groups excluding carboxylic acids is 1. The van der Waals surface area contributed by atoms with E-state index in [-0.39, 0.29) is 28.9 Å². The summed E-state index contributed by atoms with van der Waals surface area (Å²) >= 11 is 0. The second kappa shape index (κ2) is 6.37. The van der Waals surface area contributed by atoms with Gasteiger partial charge in [-0.15, -0.1) is 13.2 Å². The lowest BCUT2D eigenvalue weighted by molar-refractivity contribution is -0.274. The Bertz CT molecular complexity index is 776. The van der Waals surface area contributed by atoms with Gasteiger partial charge in [0.1, 0.15) is 5.75 Å². The number of halogens is 3. The summed E-state index contributed by atoms with van der Waals surface area (Å²) in [5, 5.41) is 9.83. The van der Waals surface area contributed by atoms with Gasteiger partial charge in [-0.2, -0.15) is 0 Å². The average Bonchev–Trinajstić information content (AvgIpc) is 2.93. The Balaban J connectivity index is 1.37. The zero-order chi connectivity index (χ0) is 20.3. The summed E-state index contributed by atoms with van der Waals surface area (Å²) in [6, 6.07) is 4.84. The third kappa shape index (κ3) is 3.86. The van der Waals surface area contributed by atoms with Gasteiger partial charge in [-0.3, -0.25) is 4.79 Å². The lowest BCUT2D eigenvalue weighted by Gasteiger charge is -2.52. The number of alkyl halides is 3. The Kier molecular flexibility index (Phi) is 4.45. The van der Waals surface area contributed by atoms with Crippen LogP contribution in [-0.4, -0.2) is 41.0 Å². The molecule has 0 bridgehead atoms. The first-order chi connectivity index (χ1) is 12.9. The maximum absolute atomic E-state index is 12.6. The second-order valence-electron chi connectivity index (χ2n) is 9.36. The van der Waals surface area contributed by atoms with E-state index in [1.165, 1.54) is 12.1 Å². The van der Waals surface area contributed by atoms with Crippen molar-refractivity contribution in [2.24, 2.45) is 11.3 Å². The second-order valence-corrected chi connectivity index (χ2v) is 9.36. The third-order valence-electron chi connectivity index (χ3n) is 6.57. The molecule has 1 aromatic rings. The van der Waals surface area contributed by atoms with E-state index in [2.05, 4.69) is 4.74 Å². The van der Waals surface area contributed by atoms with Gasteiger partial charge in [-0.25, -0.2) is 0 Å². The number of ether oxygens (including phenoxy) is 1. The summed E-state index contributed by atoms with van der Waals surface area (Å²) in [5.74, 6) is 0.100. The van der Waals surface area contributed by atoms with Crippen molar-refractivity contribution in [2.45, 2.75) is 63.8 Å². The van der Waals surface area contributed by atoms with Crippen LogP contribution in [0.15, 0.2) is 18.2 Å². The summed E-state index contributed by atoms with van der Waals surface area (Å²) in [6.45, 7) is 4.97. The van der Waals surface area contributed by atoms with Crippen LogP contribution < -0.4 is 4.74 Å². The summed E-state index contributed by atoms with van der Waals surface area (Å²) in [6.07, 6.45) is -0.855. The van der Waals surface area contributed by atoms with Gasteiger partial charge in [0.25, 0.3) is 0 Å². The third-order valence-corrected chi connectivity index (χ3v) is 6.57. The molecule has 1 N–H and O–H groups in total. The molecule has 0 radical (unpaired) electrons. The van der Waals surface area contributed by atoms with Crippen LogP contribution in [0, 0.1) is 18.3 Å². The van der Waals surface area contributed by atoms with Crippen LogP contribution in [0.5, 0.6) is 5.75 Å². The largest absolute Gasteiger partial charge is 0.573 e. The molecule has 1 saturated heterocycles. The molecule has 7 heteroatoms. The van der Waals surface area contributed by atoms with E-state index in [4.69, 9.17) is 0 Å². The molecule has 4 rings (SSSR count). The highest BCUT2D eigenvalue weighted by Crippen LogP contribution is 2.53. The van der Waals surface area contributed by atoms with Crippen molar-refractivity contribution >= 4 is 5.91 Å². The zero-order valence-corrected chi connectivity index (χ0v) is 16.2. The first kappa shape index (κ1) is 19.6. The average molecular weight is 397 g/mol. The number of amides is 1. The van der Waals surface area contributed by atoms with E-state index < -0.39 is 12.0 Å². The molecule has 1 amide bonds. The fourth-order valence-electron chi connectivity index (χ4n) is 5.34. The summed E-state index contributed by atoms with van der Waals surface area (Å²) in [7, 11) is 0. The van der Waals surface area contributed by atoms with Crippen LogP contribution in [0.2, 0.25) is 0 Å². The van der Waals surface area contributed by atoms with Crippen LogP contribution in [0.4, 0.5) is 13.2 Å². The lowest BCUT2D eigenvalue weighted by Crippen LogP contribution is -2.61. The van der Waals surface area contributed by atoms with Crippen molar-refractivity contribution in [1.82, 2.24) is 4.90 Å². The number of hydrogen-bond acceptors (Lipinski definition) is 3. The highest BCUT2D eigenvalue weighted by molar-refractivity contribution is 5.81. The van der Waals surface area contributed by atoms with E-state index >= 15 is 0 Å². The minimum atomic E-state index is -4.69. The van der Waals surface area contributed by atoms with Crippen molar-refractivity contribution in [3.63, 3.8) is 0 Å². The van der Waals surface area contributed by atoms with Crippen LogP contribution in [0.25, 0.3) is 0 Å². The molecule has 1 aliphatic heterocycles. The molecule has 2 aliphatic carbocycles. The predicted octanol–water partition coefficient (Wildman–Crippen LogP) is 4.15. The standard InChI is InChI=1S/C21H26F3NO3/c1-13-5-15(7-17(6-13)28-21(22,23)24)14-3-4-20(10-14)11-25(12-20)18(26)16-8-19(2,27)9-16/h5-7,14,16,27H,3-4,8-12H2,1-2H3/t14-,16?,19?/m1/s1. The number of rotatable bonds is 3. The maximum Gasteiger partial charge on any atom is 0.573 e. The lowest BCUT2D eigenvalue weighted by atomic mass is 9.69. The minimum Gasteiger partial charge on any atom is -0.406 e. The Morgan fingerprint density at radius 3 is 2.50 bits per heavy atom. The van der Waals surface area contributed by atoms with Gasteiger partial charge in [-0.1, -0.05) is 6.07 Å². The fourth-order valence-corrected chi connectivity index (χ4v) is 5.34. The molecule has 0 unspecified atom stereocenters. The van der Waals surface area contributed by atoms with Crippen LogP contribution in [-0.2, 0) is 4.79 Å². The molecular formula is C21H26F3NO3. The van der Waals surface area contributed by atoms with Crippen LogP contribution in [0.3, 0.4) is 0 Å². The first-order valence-corrected chi connectivity index (χ1v) is 9.82. The highest BCUT2D eigenvalue weighted by Gasteiger charge is 2.53. The van der Waals surface area contributed by atoms with Gasteiger partial charge < -0.3 is 14.7 Å². The molecule has 1 atom stereocenters. The number of aliphatic hydroxyl groups is 1. The molecule has 1 aromatic carbocycles. The molecule has 3 fully saturated rings. The Hall–Kier alpha value is -1.76. The molecule has 1 heterocycles. The van der Waals surface area contributed by atoms with Crippen LogP contribution >= 0.6 is 0 Å². The molecular weight excluding hydrogens is 371 g/mol. The maximum atomic E-state index is 12.6. The highest BCUT2D eigenvalue weighted by atomic mass is 19.4. The predicted molar refractivity (Wildman–Crippen MR) is 96.8 cm³/mol. The van der Waals surface area contributed by atoms with Crippen molar-refractivity contribution in [3.8, 4) is 5.75 Å². The SMILES string of the molecule is Cc1cc(OC(F)(F)F)cc([C@@H]2CCC3(C2)CN(C(=O)C2CC(C)(O)C2)C3)c1. The van der Waals surface area contributed by atoms with E-state index in [9.17, 15) is 23.1 Å². The van der Waals surface area contributed by atoms with E-state index in [0.29, 0.717) is 12.8 Å². The van der Waals surface area contributed by atoms with Crippen molar-refractivity contribution in [3.05, 3.63) is 29.3 Å². The number of nitrogens with zero attached hydrogens (tertiary/aromatic N) is 1. The summed E-state index contributed by atoms with van der Waals surface area (Å²) in [5.41, 5.74) is 1.01. The topological polar surface area (TPSA) is 49.8 Å². The van der Waals surface area contributed by atoms with Gasteiger partial charge in [0.15, 0.2) is 0 Å². The molecule has 4 nitrogen and oxygen atoms in total. The Labute approximate surface area is 162 Å². The van der Waals surface area contributed by atoms with E-state index in [1.807, 2.05) is 11.0 Å². The molecule has 1 spiro atoms. The van der Waals surface area contributed by atoms with Gasteiger partial charge in [0.2, 0.25) is 5.91 Å². The number of hydrogen-bond donors (Lipinski definition) is 1. The number of benzene rings is 1. The molecule has 28 heavy (non-hydrogen) atoms. The normalized spacial score (nSPS) is 31.4. The molecule has 154 valence electrons. The molecule has 0 aromatic heterocycles. The fraction of sp³-hybridized carbons (Fsp3) is 0.667. The van der Waals surface area contributed by atoms with Gasteiger partial charge in [0, 0.05) is 24.4 Å². The van der Waals surface area contributed by atoms with E-state index in [0.717, 1.165) is 43.5 Å². The quantitative estimate of drug-likeness (QED) is 0.834. The number of carbonyl (C=O) groups is 1. The summed E-state index contributed by atoms with van der Waals surface area (Å²) < 4.78 is 41.8. The molecule has 3 aliphatic rings. The van der Waals surface area contributed by atoms with Crippen molar-refractivity contribution < 1.29 is 27.8 Å². The first-order valence-electron chi connectivity index (χ1n) is 9.82. The van der Waals surface area contributed by atoms with Gasteiger partial charge in [0.05, 0.1) is 5.60 Å². The monoisotopic (exact) mass is 397 g/mol. The molecule has 2 saturated carbocycles. The van der Waals surface area contributed by atoms with Crippen molar-refractivity contribution in [2.75, 3.05) is 13.1 Å². The minimum absolute atomic E-state index is 0.0663. The van der Waals surface area contributed by atoms with E-state index in [1.54, 1.807) is 13.8 Å². The zero-order valence-electron chi connectivity index (χ0n) is 16.2. The smallest absolute Gasteiger partial charge is 0.406 e. The number of likely N-dealkylation sites (tertiary alicyclic amines) is 1. The van der Waals surface area contributed by atoms with Gasteiger partial charge in [-0.05, 0) is 75.1 Å². The summed E-state index contributed by atoms with van der Waals surface area (Å²) in [4.78, 5) is 14.4. The van der Waals surface area contributed by atoms with Crippen LogP contribution in [0.1, 0.15) is 56.1 Å². The van der Waals surface area contributed by atoms with Gasteiger partial charge >= 0.3 is 6.36 Å². The number of aryl methyl sites for hydroxylation is 1.